The topological polar surface area (TPSA) is 26.7 Å². The van der Waals surface area contributed by atoms with Crippen LogP contribution < -0.4 is 0 Å². The molecular weight excluding hydrogens is 250 g/mol. The van der Waals surface area contributed by atoms with Crippen LogP contribution in [-0.4, -0.2) is 48.1 Å². The molecule has 1 aromatic carbocycles. The van der Waals surface area contributed by atoms with Crippen molar-refractivity contribution in [3.63, 3.8) is 0 Å². The predicted molar refractivity (Wildman–Crippen MR) is 70.0 cm³/mol. The van der Waals surface area contributed by atoms with E-state index in [1.807, 2.05) is 0 Å². The minimum absolute atomic E-state index is 0.522. The van der Waals surface area contributed by atoms with Crippen LogP contribution in [0, 0.1) is 11.6 Å². The van der Waals surface area contributed by atoms with Crippen molar-refractivity contribution < 1.29 is 13.9 Å². The summed E-state index contributed by atoms with van der Waals surface area (Å²) in [5.74, 6) is -2.67. The third kappa shape index (κ3) is 3.42. The number of hydrogen-bond donors (Lipinski definition) is 1. The Labute approximate surface area is 112 Å². The number of halogens is 2. The first-order chi connectivity index (χ1) is 8.97. The molecule has 0 saturated carbocycles. The highest BCUT2D eigenvalue weighted by Crippen LogP contribution is 2.23. The molecule has 2 rings (SSSR count). The summed E-state index contributed by atoms with van der Waals surface area (Å²) in [5, 5.41) is 9.06. The van der Waals surface area contributed by atoms with Crippen molar-refractivity contribution in [2.75, 3.05) is 27.2 Å². The molecule has 0 atom stereocenters. The number of hydrogen-bond acceptors (Lipinski definition) is 3. The van der Waals surface area contributed by atoms with Crippen molar-refractivity contribution in [1.29, 1.82) is 0 Å². The van der Waals surface area contributed by atoms with Crippen molar-refractivity contribution in [2.24, 2.45) is 0 Å². The van der Waals surface area contributed by atoms with E-state index in [9.17, 15) is 8.78 Å². The molecule has 1 saturated heterocycles. The van der Waals surface area contributed by atoms with Crippen molar-refractivity contribution >= 4 is 0 Å². The van der Waals surface area contributed by atoms with Crippen LogP contribution in [0.3, 0.4) is 0 Å². The lowest BCUT2D eigenvalue weighted by Gasteiger charge is -2.35. The largest absolute Gasteiger partial charge is 0.503 e. The van der Waals surface area contributed by atoms with Gasteiger partial charge in [0.25, 0.3) is 0 Å². The van der Waals surface area contributed by atoms with Crippen LogP contribution in [0.4, 0.5) is 8.78 Å². The molecule has 1 N–H and O–H groups in total. The second-order valence-corrected chi connectivity index (χ2v) is 5.38. The molecule has 0 aliphatic carbocycles. The molecule has 1 aliphatic heterocycles. The first kappa shape index (κ1) is 14.2. The first-order valence-electron chi connectivity index (χ1n) is 6.53. The zero-order valence-corrected chi connectivity index (χ0v) is 11.4. The summed E-state index contributed by atoms with van der Waals surface area (Å²) in [6.07, 6.45) is 2.13. The molecule has 0 aromatic heterocycles. The molecule has 5 heteroatoms. The summed E-state index contributed by atoms with van der Waals surface area (Å²) in [6, 6.07) is 3.00. The van der Waals surface area contributed by atoms with E-state index in [1.165, 1.54) is 12.1 Å². The molecule has 0 radical (unpaired) electrons. The Kier molecular flexibility index (Phi) is 4.37. The number of piperidine rings is 1. The molecule has 1 aliphatic rings. The van der Waals surface area contributed by atoms with Gasteiger partial charge in [-0.05, 0) is 57.7 Å². The highest BCUT2D eigenvalue weighted by molar-refractivity contribution is 5.30. The smallest absolute Gasteiger partial charge is 0.187 e. The van der Waals surface area contributed by atoms with Gasteiger partial charge in [0, 0.05) is 12.6 Å². The fourth-order valence-corrected chi connectivity index (χ4v) is 2.56. The van der Waals surface area contributed by atoms with E-state index in [0.717, 1.165) is 25.9 Å². The number of nitrogens with zero attached hydrogens (tertiary/aromatic N) is 2. The van der Waals surface area contributed by atoms with E-state index >= 15 is 0 Å². The second kappa shape index (κ2) is 5.84. The highest BCUT2D eigenvalue weighted by Gasteiger charge is 2.21. The van der Waals surface area contributed by atoms with Gasteiger partial charge in [-0.2, -0.15) is 0 Å². The number of benzene rings is 1. The minimum Gasteiger partial charge on any atom is -0.503 e. The fraction of sp³-hybridized carbons (Fsp3) is 0.571. The van der Waals surface area contributed by atoms with Crippen molar-refractivity contribution in [3.8, 4) is 5.75 Å². The van der Waals surface area contributed by atoms with Crippen LogP contribution in [-0.2, 0) is 6.54 Å². The summed E-state index contributed by atoms with van der Waals surface area (Å²) >= 11 is 0. The molecule has 0 bridgehead atoms. The summed E-state index contributed by atoms with van der Waals surface area (Å²) in [6.45, 7) is 2.37. The molecule has 19 heavy (non-hydrogen) atoms. The molecule has 0 unspecified atom stereocenters. The SMILES string of the molecule is CN(C)C1CCN(Cc2cc(F)c(O)c(F)c2)CC1. The third-order valence-electron chi connectivity index (χ3n) is 3.77. The maximum atomic E-state index is 13.2. The molecule has 0 amide bonds. The zero-order valence-electron chi connectivity index (χ0n) is 11.4. The van der Waals surface area contributed by atoms with Gasteiger partial charge in [0.05, 0.1) is 0 Å². The van der Waals surface area contributed by atoms with E-state index < -0.39 is 17.4 Å². The van der Waals surface area contributed by atoms with Gasteiger partial charge in [-0.1, -0.05) is 0 Å². The molecular formula is C14H20F2N2O. The van der Waals surface area contributed by atoms with Gasteiger partial charge in [-0.25, -0.2) is 8.78 Å². The first-order valence-corrected chi connectivity index (χ1v) is 6.53. The van der Waals surface area contributed by atoms with Crippen molar-refractivity contribution in [2.45, 2.75) is 25.4 Å². The van der Waals surface area contributed by atoms with Crippen LogP contribution in [0.1, 0.15) is 18.4 Å². The average molecular weight is 270 g/mol. The zero-order chi connectivity index (χ0) is 14.0. The Bertz CT molecular complexity index is 420. The van der Waals surface area contributed by atoms with Crippen LogP contribution in [0.25, 0.3) is 0 Å². The van der Waals surface area contributed by atoms with Gasteiger partial charge in [0.1, 0.15) is 0 Å². The van der Waals surface area contributed by atoms with E-state index in [0.29, 0.717) is 18.2 Å². The molecule has 3 nitrogen and oxygen atoms in total. The molecule has 106 valence electrons. The van der Waals surface area contributed by atoms with Crippen LogP contribution in [0.2, 0.25) is 0 Å². The van der Waals surface area contributed by atoms with Crippen molar-refractivity contribution in [1.82, 2.24) is 9.80 Å². The summed E-state index contributed by atoms with van der Waals surface area (Å²) in [5.41, 5.74) is 0.566. The summed E-state index contributed by atoms with van der Waals surface area (Å²) < 4.78 is 26.5. The third-order valence-corrected chi connectivity index (χ3v) is 3.77. The molecule has 1 aromatic rings. The van der Waals surface area contributed by atoms with Gasteiger partial charge >= 0.3 is 0 Å². The molecule has 1 fully saturated rings. The van der Waals surface area contributed by atoms with Crippen LogP contribution >= 0.6 is 0 Å². The lowest BCUT2D eigenvalue weighted by Crippen LogP contribution is -2.41. The summed E-state index contributed by atoms with van der Waals surface area (Å²) in [7, 11) is 4.15. The van der Waals surface area contributed by atoms with E-state index in [-0.39, 0.29) is 0 Å². The van der Waals surface area contributed by atoms with Crippen LogP contribution in [0.5, 0.6) is 5.75 Å². The average Bonchev–Trinajstić information content (AvgIpc) is 2.36. The number of aromatic hydroxyl groups is 1. The Balaban J connectivity index is 1.96. The number of rotatable bonds is 3. The summed E-state index contributed by atoms with van der Waals surface area (Å²) in [4.78, 5) is 4.41. The maximum Gasteiger partial charge on any atom is 0.187 e. The number of phenols is 1. The van der Waals surface area contributed by atoms with Gasteiger partial charge in [-0.15, -0.1) is 0 Å². The lowest BCUT2D eigenvalue weighted by molar-refractivity contribution is 0.140. The van der Waals surface area contributed by atoms with Crippen LogP contribution in [0.15, 0.2) is 12.1 Å². The predicted octanol–water partition coefficient (Wildman–Crippen LogP) is 2.20. The Morgan fingerprint density at radius 3 is 2.21 bits per heavy atom. The molecule has 1 heterocycles. The Hall–Kier alpha value is -1.20. The number of likely N-dealkylation sites (tertiary alicyclic amines) is 1. The maximum absolute atomic E-state index is 13.2. The van der Waals surface area contributed by atoms with Gasteiger partial charge in [0.2, 0.25) is 0 Å². The standard InChI is InChI=1S/C14H20F2N2O/c1-17(2)11-3-5-18(6-4-11)9-10-7-12(15)14(19)13(16)8-10/h7-8,11,19H,3-6,9H2,1-2H3. The highest BCUT2D eigenvalue weighted by atomic mass is 19.1. The van der Waals surface area contributed by atoms with E-state index in [1.54, 1.807) is 0 Å². The van der Waals surface area contributed by atoms with Gasteiger partial charge < -0.3 is 10.0 Å². The Morgan fingerprint density at radius 2 is 1.74 bits per heavy atom. The van der Waals surface area contributed by atoms with Gasteiger partial charge in [0.15, 0.2) is 17.4 Å². The molecule has 0 spiro atoms. The van der Waals surface area contributed by atoms with Crippen molar-refractivity contribution in [3.05, 3.63) is 29.3 Å². The van der Waals surface area contributed by atoms with E-state index in [2.05, 4.69) is 23.9 Å². The quantitative estimate of drug-likeness (QED) is 0.912. The monoisotopic (exact) mass is 270 g/mol. The van der Waals surface area contributed by atoms with E-state index in [4.69, 9.17) is 5.11 Å². The normalized spacial score (nSPS) is 18.2. The van der Waals surface area contributed by atoms with Gasteiger partial charge in [-0.3, -0.25) is 4.90 Å². The number of phenolic OH excluding ortho intramolecular Hbond substituents is 1. The minimum atomic E-state index is -0.893. The second-order valence-electron chi connectivity index (χ2n) is 5.38. The fourth-order valence-electron chi connectivity index (χ4n) is 2.56. The lowest BCUT2D eigenvalue weighted by atomic mass is 10.0. The Morgan fingerprint density at radius 1 is 1.21 bits per heavy atom.